The molecule has 0 saturated heterocycles. The summed E-state index contributed by atoms with van der Waals surface area (Å²) in [5.74, 6) is 0.880. The van der Waals surface area contributed by atoms with Crippen LogP contribution in [0.3, 0.4) is 0 Å². The summed E-state index contributed by atoms with van der Waals surface area (Å²) >= 11 is 0. The Labute approximate surface area is 97.6 Å². The van der Waals surface area contributed by atoms with E-state index in [2.05, 4.69) is 12.2 Å². The van der Waals surface area contributed by atoms with Gasteiger partial charge in [-0.3, -0.25) is 4.79 Å². The minimum absolute atomic E-state index is 0.00838. The van der Waals surface area contributed by atoms with Crippen molar-refractivity contribution in [2.45, 2.75) is 64.0 Å². The van der Waals surface area contributed by atoms with Gasteiger partial charge in [0.2, 0.25) is 5.91 Å². The maximum Gasteiger partial charge on any atom is 0.223 e. The Morgan fingerprint density at radius 3 is 2.50 bits per heavy atom. The molecular weight excluding hydrogens is 202 g/mol. The molecule has 2 aliphatic rings. The van der Waals surface area contributed by atoms with Crippen LogP contribution in [-0.2, 0) is 4.79 Å². The molecule has 2 unspecified atom stereocenters. The van der Waals surface area contributed by atoms with Crippen LogP contribution in [0.2, 0.25) is 0 Å². The van der Waals surface area contributed by atoms with Crippen molar-refractivity contribution in [3.8, 4) is 0 Å². The van der Waals surface area contributed by atoms with Gasteiger partial charge >= 0.3 is 0 Å². The molecule has 1 amide bonds. The average molecular weight is 225 g/mol. The van der Waals surface area contributed by atoms with E-state index in [1.807, 2.05) is 0 Å². The van der Waals surface area contributed by atoms with Gasteiger partial charge in [-0.15, -0.1) is 0 Å². The fraction of sp³-hybridized carbons (Fsp3) is 0.923. The molecule has 2 rings (SSSR count). The monoisotopic (exact) mass is 225 g/mol. The van der Waals surface area contributed by atoms with Gasteiger partial charge in [0.05, 0.1) is 12.1 Å². The number of hydrogen-bond donors (Lipinski definition) is 2. The molecule has 16 heavy (non-hydrogen) atoms. The molecule has 0 aromatic rings. The molecule has 92 valence electrons. The third-order valence-corrected chi connectivity index (χ3v) is 4.26. The number of aliphatic hydroxyl groups is 1. The number of amides is 1. The number of nitrogens with one attached hydrogen (secondary N) is 1. The lowest BCUT2D eigenvalue weighted by atomic mass is 9.91. The Morgan fingerprint density at radius 1 is 1.12 bits per heavy atom. The SMILES string of the molecule is CC1CCCC1C(=O)N[C@H]1CCCC[C@@H]1O. The fourth-order valence-electron chi connectivity index (χ4n) is 3.10. The van der Waals surface area contributed by atoms with E-state index in [0.29, 0.717) is 5.92 Å². The van der Waals surface area contributed by atoms with Crippen LogP contribution < -0.4 is 5.32 Å². The maximum absolute atomic E-state index is 12.0. The average Bonchev–Trinajstić information content (AvgIpc) is 2.68. The van der Waals surface area contributed by atoms with Crippen molar-refractivity contribution in [1.82, 2.24) is 5.32 Å². The quantitative estimate of drug-likeness (QED) is 0.753. The molecule has 0 aromatic heterocycles. The van der Waals surface area contributed by atoms with Crippen LogP contribution in [0, 0.1) is 11.8 Å². The standard InChI is InChI=1S/C13H23NO2/c1-9-5-4-6-10(9)13(16)14-11-7-2-3-8-12(11)15/h9-12,15H,2-8H2,1H3,(H,14,16)/t9?,10?,11-,12-/m0/s1. The van der Waals surface area contributed by atoms with Crippen molar-refractivity contribution in [3.63, 3.8) is 0 Å². The lowest BCUT2D eigenvalue weighted by molar-refractivity contribution is -0.127. The second-order valence-electron chi connectivity index (χ2n) is 5.48. The zero-order valence-electron chi connectivity index (χ0n) is 10.1. The first-order valence-electron chi connectivity index (χ1n) is 6.67. The lowest BCUT2D eigenvalue weighted by Gasteiger charge is -2.30. The van der Waals surface area contributed by atoms with Crippen molar-refractivity contribution in [3.05, 3.63) is 0 Å². The third-order valence-electron chi connectivity index (χ3n) is 4.26. The largest absolute Gasteiger partial charge is 0.391 e. The molecule has 0 bridgehead atoms. The van der Waals surface area contributed by atoms with Crippen LogP contribution in [0.1, 0.15) is 51.9 Å². The van der Waals surface area contributed by atoms with Crippen LogP contribution in [0.4, 0.5) is 0 Å². The molecule has 4 atom stereocenters. The van der Waals surface area contributed by atoms with E-state index in [0.717, 1.165) is 32.1 Å². The van der Waals surface area contributed by atoms with Gasteiger partial charge in [-0.05, 0) is 31.6 Å². The van der Waals surface area contributed by atoms with Crippen LogP contribution in [0.5, 0.6) is 0 Å². The highest BCUT2D eigenvalue weighted by Crippen LogP contribution is 2.31. The molecule has 0 radical (unpaired) electrons. The van der Waals surface area contributed by atoms with E-state index in [-0.39, 0.29) is 24.0 Å². The first-order valence-corrected chi connectivity index (χ1v) is 6.67. The smallest absolute Gasteiger partial charge is 0.223 e. The minimum atomic E-state index is -0.325. The molecule has 2 N–H and O–H groups in total. The van der Waals surface area contributed by atoms with Crippen LogP contribution in [-0.4, -0.2) is 23.2 Å². The summed E-state index contributed by atoms with van der Waals surface area (Å²) in [5.41, 5.74) is 0. The highest BCUT2D eigenvalue weighted by molar-refractivity contribution is 5.79. The first-order chi connectivity index (χ1) is 7.68. The van der Waals surface area contributed by atoms with E-state index in [1.165, 1.54) is 12.8 Å². The highest BCUT2D eigenvalue weighted by atomic mass is 16.3. The molecule has 0 spiro atoms. The molecule has 3 nitrogen and oxygen atoms in total. The van der Waals surface area contributed by atoms with Gasteiger partial charge in [0.25, 0.3) is 0 Å². The van der Waals surface area contributed by atoms with E-state index in [9.17, 15) is 9.90 Å². The fourth-order valence-corrected chi connectivity index (χ4v) is 3.10. The molecule has 0 aliphatic heterocycles. The van der Waals surface area contributed by atoms with Crippen LogP contribution in [0.25, 0.3) is 0 Å². The molecular formula is C13H23NO2. The molecule has 2 saturated carbocycles. The Balaban J connectivity index is 1.86. The predicted octanol–water partition coefficient (Wildman–Crippen LogP) is 1.84. The van der Waals surface area contributed by atoms with Crippen molar-refractivity contribution in [2.75, 3.05) is 0 Å². The summed E-state index contributed by atoms with van der Waals surface area (Å²) in [4.78, 5) is 12.0. The van der Waals surface area contributed by atoms with Crippen molar-refractivity contribution in [2.24, 2.45) is 11.8 Å². The zero-order valence-corrected chi connectivity index (χ0v) is 10.1. The second-order valence-corrected chi connectivity index (χ2v) is 5.48. The first kappa shape index (κ1) is 11.9. The van der Waals surface area contributed by atoms with E-state index >= 15 is 0 Å². The normalized spacial score (nSPS) is 39.6. The molecule has 2 fully saturated rings. The topological polar surface area (TPSA) is 49.3 Å². The van der Waals surface area contributed by atoms with Gasteiger partial charge in [-0.2, -0.15) is 0 Å². The van der Waals surface area contributed by atoms with Gasteiger partial charge in [0.1, 0.15) is 0 Å². The molecule has 0 heterocycles. The van der Waals surface area contributed by atoms with E-state index < -0.39 is 0 Å². The minimum Gasteiger partial charge on any atom is -0.391 e. The number of rotatable bonds is 2. The third kappa shape index (κ3) is 2.57. The summed E-state index contributed by atoms with van der Waals surface area (Å²) in [7, 11) is 0. The Bertz CT molecular complexity index is 254. The van der Waals surface area contributed by atoms with Crippen LogP contribution >= 0.6 is 0 Å². The summed E-state index contributed by atoms with van der Waals surface area (Å²) in [6.07, 6.45) is 7.04. The molecule has 2 aliphatic carbocycles. The zero-order chi connectivity index (χ0) is 11.5. The maximum atomic E-state index is 12.0. The van der Waals surface area contributed by atoms with Gasteiger partial charge < -0.3 is 10.4 Å². The second kappa shape index (κ2) is 5.17. The summed E-state index contributed by atoms with van der Waals surface area (Å²) in [6, 6.07) is 0.00838. The Hall–Kier alpha value is -0.570. The number of carbonyl (C=O) groups is 1. The van der Waals surface area contributed by atoms with Gasteiger partial charge in [-0.1, -0.05) is 26.2 Å². The van der Waals surface area contributed by atoms with Gasteiger partial charge in [-0.25, -0.2) is 0 Å². The number of aliphatic hydroxyl groups excluding tert-OH is 1. The van der Waals surface area contributed by atoms with Crippen LogP contribution in [0.15, 0.2) is 0 Å². The number of carbonyl (C=O) groups excluding carboxylic acids is 1. The molecule has 3 heteroatoms. The van der Waals surface area contributed by atoms with Crippen molar-refractivity contribution >= 4 is 5.91 Å². The summed E-state index contributed by atoms with van der Waals surface area (Å²) < 4.78 is 0. The van der Waals surface area contributed by atoms with Crippen molar-refractivity contribution < 1.29 is 9.90 Å². The number of hydrogen-bond acceptors (Lipinski definition) is 2. The van der Waals surface area contributed by atoms with E-state index in [4.69, 9.17) is 0 Å². The summed E-state index contributed by atoms with van der Waals surface area (Å²) in [6.45, 7) is 2.16. The van der Waals surface area contributed by atoms with Gasteiger partial charge in [0.15, 0.2) is 0 Å². The van der Waals surface area contributed by atoms with E-state index in [1.54, 1.807) is 0 Å². The molecule has 0 aromatic carbocycles. The van der Waals surface area contributed by atoms with Gasteiger partial charge in [0, 0.05) is 5.92 Å². The summed E-state index contributed by atoms with van der Waals surface area (Å²) in [5, 5.41) is 12.9. The predicted molar refractivity (Wildman–Crippen MR) is 62.9 cm³/mol. The Morgan fingerprint density at radius 2 is 1.88 bits per heavy atom. The lowest BCUT2D eigenvalue weighted by Crippen LogP contribution is -2.47. The highest BCUT2D eigenvalue weighted by Gasteiger charge is 2.32. The van der Waals surface area contributed by atoms with Crippen molar-refractivity contribution in [1.29, 1.82) is 0 Å². The Kier molecular flexibility index (Phi) is 3.85.